The van der Waals surface area contributed by atoms with E-state index < -0.39 is 0 Å². The maximum Gasteiger partial charge on any atom is 0.338 e. The molecule has 0 amide bonds. The summed E-state index contributed by atoms with van der Waals surface area (Å²) in [5.41, 5.74) is 2.65. The van der Waals surface area contributed by atoms with Crippen molar-refractivity contribution in [2.75, 3.05) is 13.4 Å². The van der Waals surface area contributed by atoms with E-state index in [-0.39, 0.29) is 12.8 Å². The van der Waals surface area contributed by atoms with Crippen LogP contribution in [0.5, 0.6) is 17.2 Å². The number of esters is 1. The average Bonchev–Trinajstić information content (AvgIpc) is 3.23. The molecule has 5 nitrogen and oxygen atoms in total. The van der Waals surface area contributed by atoms with Crippen molar-refractivity contribution in [3.63, 3.8) is 0 Å². The summed E-state index contributed by atoms with van der Waals surface area (Å²) in [5, 5.41) is 0. The summed E-state index contributed by atoms with van der Waals surface area (Å²) in [5.74, 6) is 1.85. The van der Waals surface area contributed by atoms with Crippen LogP contribution in [0.3, 0.4) is 0 Å². The standard InChI is InChI=1S/C24H22O5/c25-24(19-10-5-2-6-11-19)26-13-7-12-20-14-22-23(29-17-28-22)15-21(20)27-16-18-8-3-1-4-9-18/h1-6,8-11,14-15H,7,12-13,16-17H2. The molecule has 0 atom stereocenters. The van der Waals surface area contributed by atoms with Crippen molar-refractivity contribution in [1.29, 1.82) is 0 Å². The predicted molar refractivity (Wildman–Crippen MR) is 108 cm³/mol. The lowest BCUT2D eigenvalue weighted by Gasteiger charge is -2.13. The summed E-state index contributed by atoms with van der Waals surface area (Å²) >= 11 is 0. The molecule has 0 spiro atoms. The zero-order chi connectivity index (χ0) is 19.9. The molecular formula is C24H22O5. The maximum absolute atomic E-state index is 12.1. The highest BCUT2D eigenvalue weighted by atomic mass is 16.7. The first-order valence-electron chi connectivity index (χ1n) is 9.61. The lowest BCUT2D eigenvalue weighted by atomic mass is 10.1. The Labute approximate surface area is 169 Å². The lowest BCUT2D eigenvalue weighted by Crippen LogP contribution is -2.07. The van der Waals surface area contributed by atoms with E-state index >= 15 is 0 Å². The summed E-state index contributed by atoms with van der Waals surface area (Å²) in [7, 11) is 0. The second kappa shape index (κ2) is 9.15. The number of ether oxygens (including phenoxy) is 4. The molecule has 3 aromatic carbocycles. The van der Waals surface area contributed by atoms with Crippen molar-refractivity contribution in [1.82, 2.24) is 0 Å². The number of hydrogen-bond acceptors (Lipinski definition) is 5. The SMILES string of the molecule is O=C(OCCCc1cc2c(cc1OCc1ccccc1)OCO2)c1ccccc1. The highest BCUT2D eigenvalue weighted by Gasteiger charge is 2.18. The van der Waals surface area contributed by atoms with Gasteiger partial charge in [0.05, 0.1) is 12.2 Å². The van der Waals surface area contributed by atoms with Crippen LogP contribution in [0.2, 0.25) is 0 Å². The van der Waals surface area contributed by atoms with Gasteiger partial charge in [-0.15, -0.1) is 0 Å². The molecule has 0 aromatic heterocycles. The van der Waals surface area contributed by atoms with Gasteiger partial charge in [0.25, 0.3) is 0 Å². The Balaban J connectivity index is 1.37. The van der Waals surface area contributed by atoms with Gasteiger partial charge in [0.15, 0.2) is 11.5 Å². The van der Waals surface area contributed by atoms with Crippen molar-refractivity contribution in [2.45, 2.75) is 19.4 Å². The van der Waals surface area contributed by atoms with Crippen LogP contribution in [0.4, 0.5) is 0 Å². The van der Waals surface area contributed by atoms with Crippen LogP contribution < -0.4 is 14.2 Å². The fraction of sp³-hybridized carbons (Fsp3) is 0.208. The minimum Gasteiger partial charge on any atom is -0.488 e. The molecule has 148 valence electrons. The number of carbonyl (C=O) groups is 1. The highest BCUT2D eigenvalue weighted by Crippen LogP contribution is 2.39. The minimum absolute atomic E-state index is 0.214. The van der Waals surface area contributed by atoms with Gasteiger partial charge in [-0.1, -0.05) is 48.5 Å². The van der Waals surface area contributed by atoms with E-state index in [9.17, 15) is 4.79 Å². The van der Waals surface area contributed by atoms with Gasteiger partial charge in [0, 0.05) is 6.07 Å². The van der Waals surface area contributed by atoms with Crippen molar-refractivity contribution >= 4 is 5.97 Å². The van der Waals surface area contributed by atoms with Crippen LogP contribution in [0.1, 0.15) is 27.9 Å². The Bertz CT molecular complexity index is 954. The van der Waals surface area contributed by atoms with Crippen molar-refractivity contribution in [3.8, 4) is 17.2 Å². The Morgan fingerprint density at radius 3 is 2.34 bits per heavy atom. The van der Waals surface area contributed by atoms with Gasteiger partial charge in [-0.25, -0.2) is 4.79 Å². The van der Waals surface area contributed by atoms with Crippen LogP contribution in [0.25, 0.3) is 0 Å². The van der Waals surface area contributed by atoms with E-state index in [0.717, 1.165) is 16.9 Å². The van der Waals surface area contributed by atoms with E-state index in [1.165, 1.54) is 0 Å². The number of hydrogen-bond donors (Lipinski definition) is 0. The molecule has 0 fully saturated rings. The molecule has 0 saturated heterocycles. The summed E-state index contributed by atoms with van der Waals surface area (Å²) in [6.45, 7) is 1.02. The zero-order valence-electron chi connectivity index (χ0n) is 16.0. The highest BCUT2D eigenvalue weighted by molar-refractivity contribution is 5.89. The molecule has 0 unspecified atom stereocenters. The number of carbonyl (C=O) groups excluding carboxylic acids is 1. The van der Waals surface area contributed by atoms with Gasteiger partial charge in [-0.2, -0.15) is 0 Å². The molecule has 0 N–H and O–H groups in total. The van der Waals surface area contributed by atoms with E-state index in [1.54, 1.807) is 12.1 Å². The van der Waals surface area contributed by atoms with Gasteiger partial charge in [-0.3, -0.25) is 0 Å². The van der Waals surface area contributed by atoms with Crippen LogP contribution in [0, 0.1) is 0 Å². The van der Waals surface area contributed by atoms with Crippen LogP contribution in [0.15, 0.2) is 72.8 Å². The van der Waals surface area contributed by atoms with E-state index in [1.807, 2.05) is 60.7 Å². The van der Waals surface area contributed by atoms with Crippen LogP contribution in [-0.2, 0) is 17.8 Å². The summed E-state index contributed by atoms with van der Waals surface area (Å²) in [4.78, 5) is 12.1. The normalized spacial score (nSPS) is 11.9. The summed E-state index contributed by atoms with van der Waals surface area (Å²) < 4.78 is 22.4. The lowest BCUT2D eigenvalue weighted by molar-refractivity contribution is 0.0500. The first-order chi connectivity index (χ1) is 14.3. The van der Waals surface area contributed by atoms with Crippen molar-refractivity contribution in [2.24, 2.45) is 0 Å². The molecule has 0 aliphatic carbocycles. The fourth-order valence-corrected chi connectivity index (χ4v) is 3.12. The van der Waals surface area contributed by atoms with Gasteiger partial charge in [0.2, 0.25) is 6.79 Å². The van der Waals surface area contributed by atoms with Gasteiger partial charge < -0.3 is 18.9 Å². The quantitative estimate of drug-likeness (QED) is 0.409. The monoisotopic (exact) mass is 390 g/mol. The van der Waals surface area contributed by atoms with Crippen LogP contribution >= 0.6 is 0 Å². The third kappa shape index (κ3) is 4.88. The smallest absolute Gasteiger partial charge is 0.338 e. The van der Waals surface area contributed by atoms with Gasteiger partial charge in [-0.05, 0) is 42.2 Å². The molecular weight excluding hydrogens is 368 g/mol. The van der Waals surface area contributed by atoms with Gasteiger partial charge >= 0.3 is 5.97 Å². The fourth-order valence-electron chi connectivity index (χ4n) is 3.12. The maximum atomic E-state index is 12.1. The largest absolute Gasteiger partial charge is 0.488 e. The third-order valence-corrected chi connectivity index (χ3v) is 4.63. The second-order valence-electron chi connectivity index (χ2n) is 6.69. The molecule has 0 saturated carbocycles. The molecule has 1 aliphatic rings. The Hall–Kier alpha value is -3.47. The molecule has 0 bridgehead atoms. The molecule has 4 rings (SSSR count). The Morgan fingerprint density at radius 2 is 1.59 bits per heavy atom. The average molecular weight is 390 g/mol. The Morgan fingerprint density at radius 1 is 0.897 bits per heavy atom. The number of aryl methyl sites for hydroxylation is 1. The number of benzene rings is 3. The predicted octanol–water partition coefficient (Wildman–Crippen LogP) is 4.78. The number of rotatable bonds is 8. The first-order valence-corrected chi connectivity index (χ1v) is 9.61. The van der Waals surface area contributed by atoms with Crippen molar-refractivity contribution in [3.05, 3.63) is 89.5 Å². The molecule has 0 radical (unpaired) electrons. The zero-order valence-corrected chi connectivity index (χ0v) is 16.0. The summed E-state index contributed by atoms with van der Waals surface area (Å²) in [6.07, 6.45) is 1.38. The van der Waals surface area contributed by atoms with E-state index in [0.29, 0.717) is 43.1 Å². The molecule has 29 heavy (non-hydrogen) atoms. The Kier molecular flexibility index (Phi) is 5.95. The van der Waals surface area contributed by atoms with Gasteiger partial charge in [0.1, 0.15) is 12.4 Å². The van der Waals surface area contributed by atoms with E-state index in [2.05, 4.69) is 0 Å². The van der Waals surface area contributed by atoms with Crippen molar-refractivity contribution < 1.29 is 23.7 Å². The minimum atomic E-state index is -0.308. The number of fused-ring (bicyclic) bond motifs is 1. The first kappa shape index (κ1) is 18.9. The summed E-state index contributed by atoms with van der Waals surface area (Å²) in [6, 6.07) is 22.8. The van der Waals surface area contributed by atoms with E-state index in [4.69, 9.17) is 18.9 Å². The molecule has 3 aromatic rings. The second-order valence-corrected chi connectivity index (χ2v) is 6.69. The molecule has 5 heteroatoms. The third-order valence-electron chi connectivity index (χ3n) is 4.63. The molecule has 1 heterocycles. The topological polar surface area (TPSA) is 54.0 Å². The van der Waals surface area contributed by atoms with Crippen LogP contribution in [-0.4, -0.2) is 19.4 Å². The molecule has 1 aliphatic heterocycles.